The molecular weight excluding hydrogens is 290 g/mol. The molecule has 0 bridgehead atoms. The fourth-order valence-electron chi connectivity index (χ4n) is 1.61. The summed E-state index contributed by atoms with van der Waals surface area (Å²) in [4.78, 5) is 3.81. The van der Waals surface area contributed by atoms with Crippen molar-refractivity contribution in [3.05, 3.63) is 42.2 Å². The van der Waals surface area contributed by atoms with Crippen LogP contribution >= 0.6 is 38.6 Å². The van der Waals surface area contributed by atoms with Crippen LogP contribution in [0.25, 0.3) is 0 Å². The van der Waals surface area contributed by atoms with Gasteiger partial charge in [0.2, 0.25) is 0 Å². The molecule has 4 heteroatoms. The van der Waals surface area contributed by atoms with Gasteiger partial charge in [-0.3, -0.25) is 0 Å². The third-order valence-corrected chi connectivity index (χ3v) is 5.48. The number of hydrogen-bond donors (Lipinski definition) is 1. The van der Waals surface area contributed by atoms with E-state index in [-0.39, 0.29) is 6.04 Å². The Balaban J connectivity index is 2.40. The molecule has 2 heterocycles. The zero-order valence-electron chi connectivity index (χ0n) is 8.58. The highest BCUT2D eigenvalue weighted by atomic mass is 79.9. The van der Waals surface area contributed by atoms with E-state index in [0.717, 1.165) is 4.47 Å². The topological polar surface area (TPSA) is 26.0 Å². The summed E-state index contributed by atoms with van der Waals surface area (Å²) in [6.45, 7) is 4.25. The van der Waals surface area contributed by atoms with Gasteiger partial charge in [0.05, 0.1) is 6.04 Å². The van der Waals surface area contributed by atoms with Gasteiger partial charge in [-0.25, -0.2) is 0 Å². The Kier molecular flexibility index (Phi) is 3.30. The van der Waals surface area contributed by atoms with Gasteiger partial charge in [0.25, 0.3) is 0 Å². The summed E-state index contributed by atoms with van der Waals surface area (Å²) in [5, 5.41) is 2.06. The number of nitrogens with two attached hydrogens (primary N) is 1. The summed E-state index contributed by atoms with van der Waals surface area (Å²) in [7, 11) is 0. The van der Waals surface area contributed by atoms with Gasteiger partial charge in [0.1, 0.15) is 0 Å². The number of rotatable bonds is 2. The molecule has 0 aromatic carbocycles. The zero-order valence-corrected chi connectivity index (χ0v) is 11.8. The van der Waals surface area contributed by atoms with Crippen molar-refractivity contribution < 1.29 is 0 Å². The molecule has 2 rings (SSSR count). The van der Waals surface area contributed by atoms with Crippen molar-refractivity contribution in [1.82, 2.24) is 0 Å². The summed E-state index contributed by atoms with van der Waals surface area (Å²) >= 11 is 7.03. The van der Waals surface area contributed by atoms with Gasteiger partial charge in [-0.05, 0) is 52.9 Å². The molecule has 0 fully saturated rings. The van der Waals surface area contributed by atoms with E-state index in [1.54, 1.807) is 22.7 Å². The minimum absolute atomic E-state index is 0.0121. The first-order valence-corrected chi connectivity index (χ1v) is 7.14. The van der Waals surface area contributed by atoms with Crippen LogP contribution in [0.3, 0.4) is 0 Å². The second-order valence-electron chi connectivity index (χ2n) is 3.51. The predicted octanol–water partition coefficient (Wildman–Crippen LogP) is 4.24. The van der Waals surface area contributed by atoms with Crippen molar-refractivity contribution in [2.45, 2.75) is 19.9 Å². The van der Waals surface area contributed by atoms with Gasteiger partial charge >= 0.3 is 0 Å². The van der Waals surface area contributed by atoms with E-state index in [1.807, 2.05) is 0 Å². The van der Waals surface area contributed by atoms with Crippen LogP contribution in [0.15, 0.2) is 22.0 Å². The van der Waals surface area contributed by atoms with Gasteiger partial charge in [-0.2, -0.15) is 0 Å². The Hall–Kier alpha value is -0.160. The maximum atomic E-state index is 6.27. The second-order valence-corrected chi connectivity index (χ2v) is 6.60. The number of hydrogen-bond acceptors (Lipinski definition) is 3. The Morgan fingerprint density at radius 2 is 2.07 bits per heavy atom. The van der Waals surface area contributed by atoms with Crippen LogP contribution < -0.4 is 5.73 Å². The third-order valence-electron chi connectivity index (χ3n) is 2.29. The van der Waals surface area contributed by atoms with Crippen LogP contribution in [0.4, 0.5) is 0 Å². The lowest BCUT2D eigenvalue weighted by atomic mass is 10.1. The van der Waals surface area contributed by atoms with Crippen LogP contribution in [-0.4, -0.2) is 0 Å². The molecule has 1 atom stereocenters. The van der Waals surface area contributed by atoms with Gasteiger partial charge in [-0.15, -0.1) is 22.7 Å². The molecule has 15 heavy (non-hydrogen) atoms. The molecule has 0 spiro atoms. The highest BCUT2D eigenvalue weighted by molar-refractivity contribution is 9.10. The lowest BCUT2D eigenvalue weighted by molar-refractivity contribution is 0.903. The van der Waals surface area contributed by atoms with E-state index in [4.69, 9.17) is 5.73 Å². The maximum absolute atomic E-state index is 6.27. The van der Waals surface area contributed by atoms with Gasteiger partial charge in [-0.1, -0.05) is 0 Å². The first kappa shape index (κ1) is 11.3. The summed E-state index contributed by atoms with van der Waals surface area (Å²) in [5.41, 5.74) is 7.56. The smallest absolute Gasteiger partial charge is 0.0754 e. The van der Waals surface area contributed by atoms with Crippen LogP contribution in [-0.2, 0) is 0 Å². The normalized spacial score (nSPS) is 13.1. The third kappa shape index (κ3) is 2.18. The molecule has 0 radical (unpaired) electrons. The van der Waals surface area contributed by atoms with Crippen molar-refractivity contribution in [1.29, 1.82) is 0 Å². The van der Waals surface area contributed by atoms with E-state index in [0.29, 0.717) is 0 Å². The SMILES string of the molecule is Cc1cc(C)c(C(N)c2sccc2Br)s1. The first-order valence-electron chi connectivity index (χ1n) is 4.65. The molecule has 2 aromatic rings. The molecule has 1 unspecified atom stereocenters. The first-order chi connectivity index (χ1) is 7.09. The highest BCUT2D eigenvalue weighted by Crippen LogP contribution is 2.36. The molecule has 2 aromatic heterocycles. The minimum Gasteiger partial charge on any atom is -0.319 e. The standard InChI is InChI=1S/C11H12BrNS2/c1-6-5-7(2)15-10(6)9(13)11-8(12)3-4-14-11/h3-5,9H,13H2,1-2H3. The van der Waals surface area contributed by atoms with Crippen LogP contribution in [0.5, 0.6) is 0 Å². The fourth-order valence-corrected chi connectivity index (χ4v) is 4.37. The van der Waals surface area contributed by atoms with Crippen molar-refractivity contribution in [2.75, 3.05) is 0 Å². The summed E-state index contributed by atoms with van der Waals surface area (Å²) in [5.74, 6) is 0. The van der Waals surface area contributed by atoms with E-state index >= 15 is 0 Å². The van der Waals surface area contributed by atoms with E-state index in [1.165, 1.54) is 20.2 Å². The fraction of sp³-hybridized carbons (Fsp3) is 0.273. The molecule has 0 aliphatic carbocycles. The highest BCUT2D eigenvalue weighted by Gasteiger charge is 2.17. The average molecular weight is 302 g/mol. The molecule has 0 saturated heterocycles. The minimum atomic E-state index is 0.0121. The Morgan fingerprint density at radius 3 is 2.53 bits per heavy atom. The lowest BCUT2D eigenvalue weighted by Crippen LogP contribution is -2.09. The molecule has 0 aliphatic rings. The summed E-state index contributed by atoms with van der Waals surface area (Å²) in [6, 6.07) is 4.26. The summed E-state index contributed by atoms with van der Waals surface area (Å²) in [6.07, 6.45) is 0. The van der Waals surface area contributed by atoms with E-state index < -0.39 is 0 Å². The maximum Gasteiger partial charge on any atom is 0.0754 e. The second kappa shape index (κ2) is 4.37. The quantitative estimate of drug-likeness (QED) is 0.882. The van der Waals surface area contributed by atoms with Gasteiger partial charge in [0.15, 0.2) is 0 Å². The molecule has 0 saturated carbocycles. The molecule has 0 amide bonds. The van der Waals surface area contributed by atoms with E-state index in [9.17, 15) is 0 Å². The van der Waals surface area contributed by atoms with Crippen molar-refractivity contribution >= 4 is 38.6 Å². The number of halogens is 1. The van der Waals surface area contributed by atoms with Crippen LogP contribution in [0.2, 0.25) is 0 Å². The molecule has 0 aliphatic heterocycles. The largest absolute Gasteiger partial charge is 0.319 e. The average Bonchev–Trinajstić information content (AvgIpc) is 2.71. The predicted molar refractivity (Wildman–Crippen MR) is 71.8 cm³/mol. The molecule has 1 nitrogen and oxygen atoms in total. The van der Waals surface area contributed by atoms with Crippen molar-refractivity contribution in [3.63, 3.8) is 0 Å². The molecular formula is C11H12BrNS2. The Bertz CT molecular complexity index is 473. The van der Waals surface area contributed by atoms with Crippen molar-refractivity contribution in [3.8, 4) is 0 Å². The van der Waals surface area contributed by atoms with Gasteiger partial charge < -0.3 is 5.73 Å². The monoisotopic (exact) mass is 301 g/mol. The Labute approximate surface area is 106 Å². The molecule has 80 valence electrons. The zero-order chi connectivity index (χ0) is 11.0. The van der Waals surface area contributed by atoms with Crippen LogP contribution in [0, 0.1) is 13.8 Å². The molecule has 2 N–H and O–H groups in total. The van der Waals surface area contributed by atoms with E-state index in [2.05, 4.69) is 47.3 Å². The lowest BCUT2D eigenvalue weighted by Gasteiger charge is -2.09. The number of thiophene rings is 2. The summed E-state index contributed by atoms with van der Waals surface area (Å²) < 4.78 is 1.12. The number of aryl methyl sites for hydroxylation is 2. The van der Waals surface area contributed by atoms with Crippen molar-refractivity contribution in [2.24, 2.45) is 5.73 Å². The Morgan fingerprint density at radius 1 is 1.33 bits per heavy atom. The van der Waals surface area contributed by atoms with Crippen LogP contribution in [0.1, 0.15) is 26.2 Å². The van der Waals surface area contributed by atoms with Gasteiger partial charge in [0, 0.05) is 19.1 Å².